The summed E-state index contributed by atoms with van der Waals surface area (Å²) in [7, 11) is -11.1. The Morgan fingerprint density at radius 3 is 2.11 bits per heavy atom. The van der Waals surface area contributed by atoms with Crippen LogP contribution >= 0.6 is 23.1 Å². The lowest BCUT2D eigenvalue weighted by atomic mass is 9.38. The molecular weight excluding hydrogens is 1420 g/mol. The van der Waals surface area contributed by atoms with Crippen LogP contribution in [0.1, 0.15) is 153 Å². The van der Waals surface area contributed by atoms with Crippen LogP contribution in [-0.2, 0) is 39.0 Å². The highest BCUT2D eigenvalue weighted by molar-refractivity contribution is 7.99. The van der Waals surface area contributed by atoms with Crippen molar-refractivity contribution in [3.05, 3.63) is 131 Å². The summed E-state index contributed by atoms with van der Waals surface area (Å²) < 4.78 is 115. The van der Waals surface area contributed by atoms with Crippen molar-refractivity contribution in [2.24, 2.45) is 16.2 Å². The Labute approximate surface area is 616 Å². The number of carbonyl (C=O) groups excluding carboxylic acids is 5. The fourth-order valence-electron chi connectivity index (χ4n) is 15.5. The number of nitrogens with zero attached hydrogens (tertiary/aromatic N) is 6. The van der Waals surface area contributed by atoms with Gasteiger partial charge in [-0.1, -0.05) is 94.7 Å². The van der Waals surface area contributed by atoms with Crippen molar-refractivity contribution >= 4 is 83.9 Å². The Morgan fingerprint density at radius 1 is 0.808 bits per heavy atom. The van der Waals surface area contributed by atoms with Gasteiger partial charge in [-0.2, -0.15) is 13.2 Å². The lowest BCUT2D eigenvalue weighted by molar-refractivity contribution is -0.193. The number of benzene rings is 4. The maximum atomic E-state index is 14.7. The van der Waals surface area contributed by atoms with E-state index in [4.69, 9.17) is 0 Å². The summed E-state index contributed by atoms with van der Waals surface area (Å²) in [5.74, 6) is -2.11. The number of halogens is 4. The second-order valence-electron chi connectivity index (χ2n) is 31.2. The molecule has 4 aromatic carbocycles. The number of likely N-dealkylation sites (tertiary alicyclic amines) is 1. The molecule has 564 valence electrons. The molecule has 5 atom stereocenters. The Morgan fingerprint density at radius 2 is 1.47 bits per heavy atom. The molecule has 5 N–H and O–H groups in total. The molecule has 3 saturated heterocycles. The summed E-state index contributed by atoms with van der Waals surface area (Å²) in [5.41, 5.74) is 0.541. The second kappa shape index (κ2) is 31.9. The third-order valence-corrected chi connectivity index (χ3v) is 26.6. The Hall–Kier alpha value is -6.95. The molecule has 6 fully saturated rings. The number of sulfonamides is 1. The van der Waals surface area contributed by atoms with Gasteiger partial charge in [-0.3, -0.25) is 33.8 Å². The highest BCUT2D eigenvalue weighted by Crippen LogP contribution is 2.74. The number of carbonyl (C=O) groups is 5. The van der Waals surface area contributed by atoms with E-state index in [0.29, 0.717) is 96.8 Å². The van der Waals surface area contributed by atoms with Crippen molar-refractivity contribution in [2.45, 2.75) is 188 Å². The average Bonchev–Trinajstić information content (AvgIpc) is 0.711. The zero-order valence-electron chi connectivity index (χ0n) is 60.3. The molecule has 20 nitrogen and oxygen atoms in total. The van der Waals surface area contributed by atoms with Crippen molar-refractivity contribution in [3.8, 4) is 10.4 Å². The lowest BCUT2D eigenvalue weighted by Gasteiger charge is -2.68. The number of unbranched alkanes of at least 4 members (excludes halogenated alkanes) is 2. The summed E-state index contributed by atoms with van der Waals surface area (Å²) >= 11 is 2.94. The summed E-state index contributed by atoms with van der Waals surface area (Å²) in [6.45, 7) is 19.8. The van der Waals surface area contributed by atoms with Crippen molar-refractivity contribution < 1.29 is 63.5 Å². The molecule has 1 unspecified atom stereocenters. The minimum Gasteiger partial charge on any atom is -0.391 e. The maximum absolute atomic E-state index is 14.7. The lowest BCUT2D eigenvalue weighted by Crippen LogP contribution is -2.65. The van der Waals surface area contributed by atoms with Crippen LogP contribution in [0.25, 0.3) is 10.4 Å². The molecule has 4 aliphatic carbocycles. The third-order valence-electron chi connectivity index (χ3n) is 21.6. The van der Waals surface area contributed by atoms with Gasteiger partial charge in [0, 0.05) is 125 Å². The Bertz CT molecular complexity index is 4180. The first-order valence-corrected chi connectivity index (χ1v) is 40.9. The van der Waals surface area contributed by atoms with Crippen molar-refractivity contribution in [1.82, 2.24) is 39.9 Å². The zero-order chi connectivity index (χ0) is 74.7. The number of nitrogens with one attached hydrogen (secondary N) is 4. The highest BCUT2D eigenvalue weighted by Gasteiger charge is 2.71. The van der Waals surface area contributed by atoms with E-state index in [1.807, 2.05) is 93.9 Å². The van der Waals surface area contributed by atoms with E-state index in [-0.39, 0.29) is 59.8 Å². The minimum absolute atomic E-state index is 0.0436. The topological polar surface area (TPSA) is 251 Å². The van der Waals surface area contributed by atoms with Gasteiger partial charge < -0.3 is 35.8 Å². The van der Waals surface area contributed by atoms with Crippen LogP contribution in [0.4, 0.5) is 28.9 Å². The summed E-state index contributed by atoms with van der Waals surface area (Å²) in [4.78, 5) is 82.5. The Kier molecular flexibility index (Phi) is 23.9. The molecule has 12 rings (SSSR count). The zero-order valence-corrected chi connectivity index (χ0v) is 63.6. The fourth-order valence-corrected chi connectivity index (χ4v) is 19.3. The quantitative estimate of drug-likeness (QED) is 0.0135. The van der Waals surface area contributed by atoms with Crippen molar-refractivity contribution in [2.75, 3.05) is 88.0 Å². The summed E-state index contributed by atoms with van der Waals surface area (Å²) in [5, 5.41) is 19.7. The Balaban J connectivity index is 0.640. The number of anilines is 2. The molecule has 3 saturated carbocycles. The second-order valence-corrected chi connectivity index (χ2v) is 36.7. The first kappa shape index (κ1) is 78.1. The number of hydrogen-bond donors (Lipinski definition) is 5. The maximum Gasteiger partial charge on any atom is 0.501 e. The molecule has 0 spiro atoms. The molecule has 4 heterocycles. The van der Waals surface area contributed by atoms with Crippen molar-refractivity contribution in [3.63, 3.8) is 0 Å². The first-order valence-electron chi connectivity index (χ1n) is 36.1. The van der Waals surface area contributed by atoms with Gasteiger partial charge in [0.1, 0.15) is 22.6 Å². The highest BCUT2D eigenvalue weighted by atomic mass is 32.2. The fraction of sp³-hybridized carbons (Fsp3) is 0.553. The van der Waals surface area contributed by atoms with E-state index in [1.54, 1.807) is 33.9 Å². The molecule has 3 aliphatic heterocycles. The number of allylic oxidation sites excluding steroid dienone is 1. The average molecular weight is 1520 g/mol. The molecule has 104 heavy (non-hydrogen) atoms. The number of aliphatic hydroxyl groups excluding tert-OH is 1. The van der Waals surface area contributed by atoms with Crippen LogP contribution in [0.2, 0.25) is 0 Å². The standard InChI is InChI=1S/C76H98F4N10O10S4/c1-50(52-18-20-53(21-19-52)67-51(2)81-49-102-67)82-70(95)63-40-58(91)44-90(63)71(96)68(72(3,4)5)84-65(92)16-12-9-13-17-66(93)89-38-32-86(33-39-89)31-29-56(45-101-59-14-10-8-11-15-59)83-62-27-26-60(41-64(62)103(97,98)76(78,79)80)104(99,100)85-69(94)54-22-24-57(25-23-54)88-36-34-87(35-37-88)43-55-28-30-73(6,7)42-61(55)74-46-75(77,47-74)48-74/h8,10-11,14-15,18-27,41,49-50,56,58,63,68,83,91H,9,12-13,16-17,28-40,42-48H2,1-7H3,(H,82,95)(H,84,92)(H,85,94)/t50-,56+,58+,63-,68?,74?,75?/m0/s1. The molecule has 7 aliphatic rings. The number of hydrogen-bond acceptors (Lipinski definition) is 17. The molecule has 28 heteroatoms. The number of aromatic nitrogens is 1. The van der Waals surface area contributed by atoms with Gasteiger partial charge in [-0.25, -0.2) is 30.9 Å². The van der Waals surface area contributed by atoms with Crippen molar-refractivity contribution in [1.29, 1.82) is 0 Å². The number of aryl methyl sites for hydroxylation is 1. The molecule has 0 radical (unpaired) electrons. The van der Waals surface area contributed by atoms with Gasteiger partial charge >= 0.3 is 5.51 Å². The largest absolute Gasteiger partial charge is 0.501 e. The third kappa shape index (κ3) is 18.5. The van der Waals surface area contributed by atoms with Crippen LogP contribution < -0.4 is 25.6 Å². The normalized spacial score (nSPS) is 22.6. The van der Waals surface area contributed by atoms with Crippen LogP contribution in [0.5, 0.6) is 0 Å². The van der Waals surface area contributed by atoms with Crippen LogP contribution in [-0.4, -0.2) is 189 Å². The number of thioether (sulfide) groups is 1. The van der Waals surface area contributed by atoms with Gasteiger partial charge in [0.2, 0.25) is 23.6 Å². The van der Waals surface area contributed by atoms with E-state index < -0.39 is 99.9 Å². The predicted octanol–water partition coefficient (Wildman–Crippen LogP) is 11.5. The van der Waals surface area contributed by atoms with E-state index in [0.717, 1.165) is 83.3 Å². The van der Waals surface area contributed by atoms with E-state index >= 15 is 0 Å². The predicted molar refractivity (Wildman–Crippen MR) is 396 cm³/mol. The molecule has 5 aromatic rings. The van der Waals surface area contributed by atoms with Crippen LogP contribution in [0, 0.1) is 23.2 Å². The first-order chi connectivity index (χ1) is 49.1. The number of rotatable bonds is 28. The van der Waals surface area contributed by atoms with Gasteiger partial charge in [-0.15, -0.1) is 23.1 Å². The number of piperazine rings is 2. The van der Waals surface area contributed by atoms with E-state index in [2.05, 4.69) is 49.5 Å². The molecular formula is C76H98F4N10O10S4. The SMILES string of the molecule is Cc1ncsc1-c1ccc([C@H](C)NC(=O)[C@@H]2C[C@@H](O)CN2C(=O)C(NC(=O)CCCCCC(=O)N2CCN(CC[C@H](CSc3ccccc3)Nc3ccc(S(=O)(=O)NC(=O)c4ccc(N5CCN(CC6=C(C78CC(F)(C7)C8)CC(C)(C)CC6)CC5)cc4)cc3S(=O)(=O)C(F)(F)F)CC2)C(C)(C)C)cc1. The van der Waals surface area contributed by atoms with Gasteiger partial charge in [0.25, 0.3) is 25.8 Å². The number of aliphatic hydroxyl groups is 1. The van der Waals surface area contributed by atoms with Crippen LogP contribution in [0.15, 0.2) is 128 Å². The molecule has 2 bridgehead atoms. The van der Waals surface area contributed by atoms with Gasteiger partial charge in [0.15, 0.2) is 0 Å². The smallest absolute Gasteiger partial charge is 0.391 e. The number of β-amino-alcohol motifs (C(OH)–C–C–N with tert-alkyl or cyclic N) is 1. The number of amides is 5. The van der Waals surface area contributed by atoms with Crippen LogP contribution in [0.3, 0.4) is 0 Å². The molecule has 5 amide bonds. The monoisotopic (exact) mass is 1510 g/mol. The summed E-state index contributed by atoms with van der Waals surface area (Å²) in [6, 6.07) is 22.7. The van der Waals surface area contributed by atoms with Gasteiger partial charge in [0.05, 0.1) is 38.8 Å². The van der Waals surface area contributed by atoms with E-state index in [9.17, 15) is 63.5 Å². The number of thiazole rings is 1. The van der Waals surface area contributed by atoms with Gasteiger partial charge in [-0.05, 0) is 148 Å². The number of sulfone groups is 1. The van der Waals surface area contributed by atoms with E-state index in [1.165, 1.54) is 39.9 Å². The summed E-state index contributed by atoms with van der Waals surface area (Å²) in [6.07, 6.45) is 6.33. The number of alkyl halides is 4. The minimum atomic E-state index is -6.18. The molecule has 1 aromatic heterocycles.